The number of allylic oxidation sites excluding steroid dienone is 2. The summed E-state index contributed by atoms with van der Waals surface area (Å²) < 4.78 is 37.3. The molecule has 2 unspecified atom stereocenters. The Hall–Kier alpha value is -4.08. The highest BCUT2D eigenvalue weighted by molar-refractivity contribution is 7.89. The third kappa shape index (κ3) is 7.00. The summed E-state index contributed by atoms with van der Waals surface area (Å²) in [6.07, 6.45) is 7.20. The molecule has 0 saturated heterocycles. The van der Waals surface area contributed by atoms with Crippen molar-refractivity contribution in [2.75, 3.05) is 13.2 Å². The minimum absolute atomic E-state index is 0.141. The van der Waals surface area contributed by atoms with E-state index in [2.05, 4.69) is 29.5 Å². The monoisotopic (exact) mass is 640 g/mol. The number of hydrogen-bond donors (Lipinski definition) is 0. The molecule has 9 heteroatoms. The van der Waals surface area contributed by atoms with Gasteiger partial charge in [-0.3, -0.25) is 4.79 Å². The van der Waals surface area contributed by atoms with Crippen LogP contribution in [0.1, 0.15) is 71.9 Å². The van der Waals surface area contributed by atoms with Gasteiger partial charge in [-0.25, -0.2) is 13.1 Å². The number of ether oxygens (including phenoxy) is 1. The summed E-state index contributed by atoms with van der Waals surface area (Å²) in [7, 11) is -3.75. The van der Waals surface area contributed by atoms with E-state index in [4.69, 9.17) is 4.74 Å². The van der Waals surface area contributed by atoms with Gasteiger partial charge in [-0.15, -0.1) is 18.3 Å². The van der Waals surface area contributed by atoms with Gasteiger partial charge in [0.1, 0.15) is 5.52 Å². The quantitative estimate of drug-likeness (QED) is 0.122. The summed E-state index contributed by atoms with van der Waals surface area (Å²) in [5, 5.41) is 8.75. The number of aryl methyl sites for hydroxylation is 3. The first-order valence-corrected chi connectivity index (χ1v) is 17.5. The Labute approximate surface area is 272 Å². The van der Waals surface area contributed by atoms with E-state index >= 15 is 0 Å². The molecule has 0 radical (unpaired) electrons. The van der Waals surface area contributed by atoms with Crippen LogP contribution >= 0.6 is 0 Å². The van der Waals surface area contributed by atoms with Crippen molar-refractivity contribution in [1.29, 1.82) is 0 Å². The van der Waals surface area contributed by atoms with Gasteiger partial charge in [0, 0.05) is 19.0 Å². The van der Waals surface area contributed by atoms with Crippen LogP contribution in [0.25, 0.3) is 11.0 Å². The Bertz CT molecular complexity index is 1850. The smallest absolute Gasteiger partial charge is 0.306 e. The van der Waals surface area contributed by atoms with Gasteiger partial charge in [-0.1, -0.05) is 59.8 Å². The summed E-state index contributed by atoms with van der Waals surface area (Å²) in [4.78, 5) is 13.4. The number of hydrogen-bond acceptors (Lipinski definition) is 6. The van der Waals surface area contributed by atoms with E-state index in [9.17, 15) is 13.2 Å². The molecule has 0 N–H and O–H groups in total. The molecule has 0 aliphatic carbocycles. The molecule has 3 aromatic carbocycles. The molecule has 2 heterocycles. The van der Waals surface area contributed by atoms with Gasteiger partial charge in [-0.05, 0) is 97.9 Å². The maximum absolute atomic E-state index is 14.2. The molecule has 8 nitrogen and oxygen atoms in total. The second-order valence-corrected chi connectivity index (χ2v) is 14.0. The topological polar surface area (TPSA) is 94.4 Å². The molecular weight excluding hydrogens is 596 g/mol. The van der Waals surface area contributed by atoms with E-state index in [0.29, 0.717) is 24.6 Å². The van der Waals surface area contributed by atoms with Crippen LogP contribution in [0.4, 0.5) is 0 Å². The molecule has 1 aliphatic rings. The van der Waals surface area contributed by atoms with E-state index in [-0.39, 0.29) is 30.8 Å². The Balaban J connectivity index is 1.56. The van der Waals surface area contributed by atoms with E-state index in [1.54, 1.807) is 34.1 Å². The zero-order valence-electron chi connectivity index (χ0n) is 27.1. The minimum atomic E-state index is -3.75. The van der Waals surface area contributed by atoms with Gasteiger partial charge in [0.2, 0.25) is 10.0 Å². The van der Waals surface area contributed by atoms with Crippen LogP contribution in [-0.4, -0.2) is 46.8 Å². The Morgan fingerprint density at radius 3 is 2.67 bits per heavy atom. The number of aromatic nitrogens is 3. The number of nitrogens with zero attached hydrogens (tertiary/aromatic N) is 4. The predicted molar refractivity (Wildman–Crippen MR) is 182 cm³/mol. The molecule has 2 atom stereocenters. The SMILES string of the molecule is C=CCCC1CCc2ccccc2S(=O)(=O)N(Cc2cc(C(CC(=O)OCC)c3ccc4c(nnn4CC=C)c3C)ccc2C)C1. The van der Waals surface area contributed by atoms with Gasteiger partial charge in [-0.2, -0.15) is 4.31 Å². The summed E-state index contributed by atoms with van der Waals surface area (Å²) in [6.45, 7) is 15.0. The largest absolute Gasteiger partial charge is 0.466 e. The highest BCUT2D eigenvalue weighted by atomic mass is 32.2. The van der Waals surface area contributed by atoms with Crippen molar-refractivity contribution in [2.24, 2.45) is 5.92 Å². The normalized spacial score (nSPS) is 17.1. The van der Waals surface area contributed by atoms with Crippen LogP contribution in [0.3, 0.4) is 0 Å². The van der Waals surface area contributed by atoms with Crippen LogP contribution < -0.4 is 0 Å². The molecule has 0 amide bonds. The van der Waals surface area contributed by atoms with Crippen LogP contribution in [0, 0.1) is 19.8 Å². The molecule has 0 bridgehead atoms. The lowest BCUT2D eigenvalue weighted by molar-refractivity contribution is -0.143. The van der Waals surface area contributed by atoms with E-state index in [1.165, 1.54) is 0 Å². The van der Waals surface area contributed by atoms with Crippen molar-refractivity contribution in [1.82, 2.24) is 19.3 Å². The molecule has 0 spiro atoms. The molecular formula is C37H44N4O4S. The van der Waals surface area contributed by atoms with Crippen LogP contribution in [0.2, 0.25) is 0 Å². The van der Waals surface area contributed by atoms with E-state index in [0.717, 1.165) is 70.1 Å². The van der Waals surface area contributed by atoms with Gasteiger partial charge >= 0.3 is 5.97 Å². The van der Waals surface area contributed by atoms with Gasteiger partial charge in [0.25, 0.3) is 0 Å². The summed E-state index contributed by atoms with van der Waals surface area (Å²) >= 11 is 0. The average Bonchev–Trinajstić information content (AvgIpc) is 3.45. The fraction of sp³-hybridized carbons (Fsp3) is 0.378. The van der Waals surface area contributed by atoms with Crippen molar-refractivity contribution >= 4 is 27.0 Å². The van der Waals surface area contributed by atoms with Crippen LogP contribution in [0.5, 0.6) is 0 Å². The van der Waals surface area contributed by atoms with Gasteiger partial charge < -0.3 is 4.74 Å². The maximum Gasteiger partial charge on any atom is 0.306 e. The molecule has 1 aromatic heterocycles. The van der Waals surface area contributed by atoms with Crippen molar-refractivity contribution in [3.63, 3.8) is 0 Å². The van der Waals surface area contributed by atoms with Crippen LogP contribution in [-0.2, 0) is 39.1 Å². The number of carbonyl (C=O) groups is 1. The molecule has 4 aromatic rings. The van der Waals surface area contributed by atoms with Gasteiger partial charge in [0.15, 0.2) is 0 Å². The van der Waals surface area contributed by atoms with E-state index < -0.39 is 10.0 Å². The first kappa shape index (κ1) is 33.3. The molecule has 0 fully saturated rings. The number of carbonyl (C=O) groups excluding carboxylic acids is 1. The lowest BCUT2D eigenvalue weighted by Gasteiger charge is -2.31. The maximum atomic E-state index is 14.2. The molecule has 46 heavy (non-hydrogen) atoms. The van der Waals surface area contributed by atoms with Crippen molar-refractivity contribution in [3.8, 4) is 0 Å². The fourth-order valence-electron chi connectivity index (χ4n) is 6.56. The number of esters is 1. The number of fused-ring (bicyclic) bond motifs is 2. The highest BCUT2D eigenvalue weighted by Gasteiger charge is 2.32. The summed E-state index contributed by atoms with van der Waals surface area (Å²) in [6, 6.07) is 17.5. The number of sulfonamides is 1. The first-order chi connectivity index (χ1) is 22.2. The third-order valence-corrected chi connectivity index (χ3v) is 11.0. The van der Waals surface area contributed by atoms with Crippen molar-refractivity contribution < 1.29 is 17.9 Å². The Morgan fingerprint density at radius 2 is 1.91 bits per heavy atom. The number of rotatable bonds is 12. The zero-order chi connectivity index (χ0) is 32.8. The second kappa shape index (κ2) is 14.6. The van der Waals surface area contributed by atoms with E-state index in [1.807, 2.05) is 56.3 Å². The minimum Gasteiger partial charge on any atom is -0.466 e. The predicted octanol–water partition coefficient (Wildman–Crippen LogP) is 7.04. The highest BCUT2D eigenvalue weighted by Crippen LogP contribution is 2.36. The van der Waals surface area contributed by atoms with Crippen molar-refractivity contribution in [2.45, 2.75) is 76.8 Å². The average molecular weight is 641 g/mol. The first-order valence-electron chi connectivity index (χ1n) is 16.1. The van der Waals surface area contributed by atoms with Gasteiger partial charge in [0.05, 0.1) is 30.0 Å². The Kier molecular flexibility index (Phi) is 10.5. The Morgan fingerprint density at radius 1 is 1.11 bits per heavy atom. The van der Waals surface area contributed by atoms with Crippen molar-refractivity contribution in [3.05, 3.63) is 113 Å². The molecule has 242 valence electrons. The molecule has 5 rings (SSSR count). The molecule has 1 aliphatic heterocycles. The lowest BCUT2D eigenvalue weighted by atomic mass is 9.84. The van der Waals surface area contributed by atoms with Crippen LogP contribution in [0.15, 0.2) is 84.8 Å². The summed E-state index contributed by atoms with van der Waals surface area (Å²) in [5.41, 5.74) is 7.26. The third-order valence-electron chi connectivity index (χ3n) is 9.11. The number of benzene rings is 3. The summed E-state index contributed by atoms with van der Waals surface area (Å²) in [5.74, 6) is -0.403. The lowest BCUT2D eigenvalue weighted by Crippen LogP contribution is -2.37. The molecule has 0 saturated carbocycles. The zero-order valence-corrected chi connectivity index (χ0v) is 27.9. The standard InChI is InChI=1S/C37H44N4O4S/c1-6-9-12-28-16-18-29-13-10-11-14-35(29)46(43,44)40(24-28)25-31-22-30(17-15-26(31)4)33(23-36(42)45-8-3)32-19-20-34-37(27(32)5)38-39-41(34)21-7-2/h6-7,10-11,13-15,17,19-20,22,28,33H,1-2,8-9,12,16,18,21,23-25H2,3-5H3. The second-order valence-electron chi connectivity index (χ2n) is 12.1. The fourth-order valence-corrected chi connectivity index (χ4v) is 8.30.